The molecule has 0 bridgehead atoms. The molecule has 1 unspecified atom stereocenters. The molecule has 0 saturated carbocycles. The molecule has 0 aromatic rings. The second-order valence-corrected chi connectivity index (χ2v) is 2.56. The second-order valence-electron chi connectivity index (χ2n) is 2.56. The van der Waals surface area contributed by atoms with E-state index in [4.69, 9.17) is 4.74 Å². The Morgan fingerprint density at radius 3 is 2.17 bits per heavy atom. The van der Waals surface area contributed by atoms with Crippen LogP contribution >= 0.6 is 0 Å². The summed E-state index contributed by atoms with van der Waals surface area (Å²) in [6.07, 6.45) is 2.20. The van der Waals surface area contributed by atoms with E-state index in [9.17, 15) is 19.2 Å². The van der Waals surface area contributed by atoms with Crippen LogP contribution in [0.3, 0.4) is 0 Å². The number of esters is 1. The molecular formula is C9H9N3O6. The Kier molecular flexibility index (Phi) is 9.57. The Labute approximate surface area is 101 Å². The topological polar surface area (TPSA) is 124 Å². The summed E-state index contributed by atoms with van der Waals surface area (Å²) in [5.41, 5.74) is 0. The van der Waals surface area contributed by atoms with Crippen molar-refractivity contribution < 1.29 is 28.7 Å². The fourth-order valence-electron chi connectivity index (χ4n) is 0.770. The predicted octanol–water partition coefficient (Wildman–Crippen LogP) is -1.12. The highest BCUT2D eigenvalue weighted by atomic mass is 16.6. The number of isocyanates is 3. The van der Waals surface area contributed by atoms with Crippen molar-refractivity contribution in [2.45, 2.75) is 6.23 Å². The lowest BCUT2D eigenvalue weighted by molar-refractivity contribution is -0.156. The number of ether oxygens (including phenoxy) is 2. The van der Waals surface area contributed by atoms with Crippen molar-refractivity contribution in [2.24, 2.45) is 15.0 Å². The van der Waals surface area contributed by atoms with Gasteiger partial charge in [-0.25, -0.2) is 29.2 Å². The molecule has 0 rings (SSSR count). The van der Waals surface area contributed by atoms with E-state index >= 15 is 0 Å². The Morgan fingerprint density at radius 2 is 1.61 bits per heavy atom. The zero-order valence-electron chi connectivity index (χ0n) is 9.20. The van der Waals surface area contributed by atoms with Crippen molar-refractivity contribution in [3.8, 4) is 0 Å². The number of carbonyl (C=O) groups is 1. The molecule has 96 valence electrons. The fraction of sp³-hybridized carbons (Fsp3) is 0.556. The van der Waals surface area contributed by atoms with Gasteiger partial charge in [0.15, 0.2) is 0 Å². The van der Waals surface area contributed by atoms with Gasteiger partial charge in [-0.15, -0.1) is 0 Å². The summed E-state index contributed by atoms with van der Waals surface area (Å²) in [6.45, 7) is -0.374. The van der Waals surface area contributed by atoms with E-state index in [1.807, 2.05) is 0 Å². The minimum atomic E-state index is -1.48. The van der Waals surface area contributed by atoms with Gasteiger partial charge in [0.25, 0.3) is 6.23 Å². The third-order valence-corrected chi connectivity index (χ3v) is 1.43. The third kappa shape index (κ3) is 7.81. The number of hydrogen-bond acceptors (Lipinski definition) is 9. The quantitative estimate of drug-likeness (QED) is 0.222. The van der Waals surface area contributed by atoms with E-state index in [1.54, 1.807) is 0 Å². The Balaban J connectivity index is 4.13. The molecule has 18 heavy (non-hydrogen) atoms. The molecule has 0 aliphatic rings. The molecular weight excluding hydrogens is 246 g/mol. The normalized spacial score (nSPS) is 10.2. The molecule has 0 N–H and O–H groups in total. The molecule has 1 atom stereocenters. The SMILES string of the molecule is O=C=NCCOC(=O)C(N=C=O)OCCN=C=O. The maximum atomic E-state index is 11.3. The Morgan fingerprint density at radius 1 is 1.00 bits per heavy atom. The molecule has 0 aromatic carbocycles. The summed E-state index contributed by atoms with van der Waals surface area (Å²) in [7, 11) is 0. The first-order chi connectivity index (χ1) is 8.76. The maximum absolute atomic E-state index is 11.3. The summed E-state index contributed by atoms with van der Waals surface area (Å²) in [6, 6.07) is 0. The molecule has 0 radical (unpaired) electrons. The van der Waals surface area contributed by atoms with Crippen LogP contribution in [-0.2, 0) is 28.7 Å². The van der Waals surface area contributed by atoms with Crippen molar-refractivity contribution in [3.63, 3.8) is 0 Å². The molecule has 0 aliphatic carbocycles. The van der Waals surface area contributed by atoms with Crippen LogP contribution in [0.2, 0.25) is 0 Å². The van der Waals surface area contributed by atoms with Crippen LogP contribution in [0.4, 0.5) is 0 Å². The van der Waals surface area contributed by atoms with Crippen LogP contribution in [0.15, 0.2) is 15.0 Å². The highest BCUT2D eigenvalue weighted by Gasteiger charge is 2.19. The first-order valence-electron chi connectivity index (χ1n) is 4.68. The molecule has 0 heterocycles. The van der Waals surface area contributed by atoms with Gasteiger partial charge in [0, 0.05) is 0 Å². The molecule has 9 heteroatoms. The summed E-state index contributed by atoms with van der Waals surface area (Å²) in [5, 5.41) is 0. The fourth-order valence-corrected chi connectivity index (χ4v) is 0.770. The molecule has 0 saturated heterocycles. The van der Waals surface area contributed by atoms with Crippen molar-refractivity contribution in [3.05, 3.63) is 0 Å². The molecule has 0 aromatic heterocycles. The number of hydrogen-bond donors (Lipinski definition) is 0. The number of aliphatic imine (C=N–C) groups is 3. The highest BCUT2D eigenvalue weighted by Crippen LogP contribution is 1.97. The van der Waals surface area contributed by atoms with Gasteiger partial charge in [-0.3, -0.25) is 0 Å². The third-order valence-electron chi connectivity index (χ3n) is 1.43. The predicted molar refractivity (Wildman–Crippen MR) is 54.8 cm³/mol. The van der Waals surface area contributed by atoms with E-state index in [0.29, 0.717) is 0 Å². The summed E-state index contributed by atoms with van der Waals surface area (Å²) >= 11 is 0. The van der Waals surface area contributed by atoms with Crippen LogP contribution < -0.4 is 0 Å². The van der Waals surface area contributed by atoms with E-state index in [-0.39, 0.29) is 26.3 Å². The minimum absolute atomic E-state index is 0.0307. The van der Waals surface area contributed by atoms with Gasteiger partial charge >= 0.3 is 5.97 Å². The van der Waals surface area contributed by atoms with Gasteiger partial charge in [-0.1, -0.05) is 0 Å². The molecule has 0 amide bonds. The van der Waals surface area contributed by atoms with E-state index in [1.165, 1.54) is 12.2 Å². The van der Waals surface area contributed by atoms with Crippen molar-refractivity contribution in [2.75, 3.05) is 26.3 Å². The summed E-state index contributed by atoms with van der Waals surface area (Å²) < 4.78 is 9.42. The van der Waals surface area contributed by atoms with Crippen LogP contribution in [0, 0.1) is 0 Å². The lowest BCUT2D eigenvalue weighted by atomic mass is 10.5. The largest absolute Gasteiger partial charge is 0.460 e. The monoisotopic (exact) mass is 255 g/mol. The highest BCUT2D eigenvalue weighted by molar-refractivity contribution is 5.75. The maximum Gasteiger partial charge on any atom is 0.359 e. The standard InChI is InChI=1S/C9H9N3O6/c13-5-10-1-3-17-8(12-7-15)9(16)18-4-2-11-6-14/h8H,1-4H2. The number of nitrogens with zero attached hydrogens (tertiary/aromatic N) is 3. The van der Waals surface area contributed by atoms with Gasteiger partial charge in [0.2, 0.25) is 18.2 Å². The Hall–Kier alpha value is -2.43. The van der Waals surface area contributed by atoms with Gasteiger partial charge in [-0.05, 0) is 0 Å². The molecule has 0 aliphatic heterocycles. The second kappa shape index (κ2) is 11.1. The van der Waals surface area contributed by atoms with E-state index < -0.39 is 12.2 Å². The van der Waals surface area contributed by atoms with Gasteiger partial charge in [0.05, 0.1) is 19.7 Å². The molecule has 0 spiro atoms. The zero-order valence-corrected chi connectivity index (χ0v) is 9.20. The lowest BCUT2D eigenvalue weighted by Gasteiger charge is -2.09. The van der Waals surface area contributed by atoms with Crippen LogP contribution in [0.5, 0.6) is 0 Å². The number of carbonyl (C=O) groups excluding carboxylic acids is 4. The summed E-state index contributed by atoms with van der Waals surface area (Å²) in [4.78, 5) is 50.2. The average molecular weight is 255 g/mol. The van der Waals surface area contributed by atoms with Crippen LogP contribution in [0.1, 0.15) is 0 Å². The molecule has 0 fully saturated rings. The smallest absolute Gasteiger partial charge is 0.359 e. The molecule has 9 nitrogen and oxygen atoms in total. The van der Waals surface area contributed by atoms with E-state index in [2.05, 4.69) is 19.7 Å². The van der Waals surface area contributed by atoms with Crippen LogP contribution in [0.25, 0.3) is 0 Å². The van der Waals surface area contributed by atoms with E-state index in [0.717, 1.165) is 6.08 Å². The van der Waals surface area contributed by atoms with Crippen molar-refractivity contribution >= 4 is 24.2 Å². The Bertz CT molecular complexity index is 405. The van der Waals surface area contributed by atoms with Crippen LogP contribution in [-0.4, -0.2) is 56.7 Å². The first kappa shape index (κ1) is 15.6. The first-order valence-corrected chi connectivity index (χ1v) is 4.68. The van der Waals surface area contributed by atoms with Crippen molar-refractivity contribution in [1.82, 2.24) is 0 Å². The van der Waals surface area contributed by atoms with Gasteiger partial charge < -0.3 is 9.47 Å². The zero-order chi connectivity index (χ0) is 13.6. The lowest BCUT2D eigenvalue weighted by Crippen LogP contribution is -2.26. The van der Waals surface area contributed by atoms with Gasteiger partial charge in [0.1, 0.15) is 6.61 Å². The van der Waals surface area contributed by atoms with Gasteiger partial charge in [-0.2, -0.15) is 4.99 Å². The minimum Gasteiger partial charge on any atom is -0.460 e. The summed E-state index contributed by atoms with van der Waals surface area (Å²) in [5.74, 6) is -0.936. The number of rotatable bonds is 9. The van der Waals surface area contributed by atoms with Crippen molar-refractivity contribution in [1.29, 1.82) is 0 Å². The average Bonchev–Trinajstić information content (AvgIpc) is 2.38.